The molecule has 190 valence electrons. The van der Waals surface area contributed by atoms with E-state index >= 15 is 0 Å². The fraction of sp³-hybridized carbons (Fsp3) is 0.0270. The van der Waals surface area contributed by atoms with Gasteiger partial charge in [0, 0.05) is 0 Å². The topological polar surface area (TPSA) is 47.6 Å². The summed E-state index contributed by atoms with van der Waals surface area (Å²) in [5.41, 5.74) is 4.43. The maximum atomic E-state index is 8.96. The van der Waals surface area contributed by atoms with E-state index in [1.165, 1.54) is 21.5 Å². The quantitative estimate of drug-likeness (QED) is 0.117. The smallest absolute Gasteiger partial charge is 0.130 e. The predicted octanol–water partition coefficient (Wildman–Crippen LogP) is 7.78. The lowest BCUT2D eigenvalue weighted by Crippen LogP contribution is -2.32. The van der Waals surface area contributed by atoms with Gasteiger partial charge < -0.3 is 0 Å². The zero-order valence-corrected chi connectivity index (χ0v) is 23.0. The number of hydrogen-bond donors (Lipinski definition) is 0. The van der Waals surface area contributed by atoms with Crippen molar-refractivity contribution in [1.82, 2.24) is 0 Å². The van der Waals surface area contributed by atoms with E-state index in [0.29, 0.717) is 0 Å². The van der Waals surface area contributed by atoms with Crippen molar-refractivity contribution in [3.05, 3.63) is 167 Å². The second-order valence-corrected chi connectivity index (χ2v) is 13.0. The third-order valence-electron chi connectivity index (χ3n) is 6.95. The monoisotopic (exact) mass is 531 g/mol. The van der Waals surface area contributed by atoms with Crippen LogP contribution in [-0.4, -0.2) is 0 Å². The van der Waals surface area contributed by atoms with Crippen LogP contribution in [0.15, 0.2) is 145 Å². The minimum Gasteiger partial charge on any atom is -0.192 e. The number of hydrogen-bond acceptors (Lipinski definition) is 2. The highest BCUT2D eigenvalue weighted by molar-refractivity contribution is 7.95. The fourth-order valence-corrected chi connectivity index (χ4v) is 9.17. The molecule has 0 aliphatic carbocycles. The molecule has 0 saturated carbocycles. The van der Waals surface area contributed by atoms with Crippen LogP contribution in [0.25, 0.3) is 18.2 Å². The third kappa shape index (κ3) is 6.00. The molecule has 0 aliphatic heterocycles. The van der Waals surface area contributed by atoms with Crippen LogP contribution in [0.3, 0.4) is 0 Å². The van der Waals surface area contributed by atoms with E-state index in [9.17, 15) is 0 Å². The summed E-state index contributed by atoms with van der Waals surface area (Å²) in [6.45, 7) is 0. The highest BCUT2D eigenvalue weighted by atomic mass is 31.2. The molecule has 0 unspecified atom stereocenters. The summed E-state index contributed by atoms with van der Waals surface area (Å²) in [4.78, 5) is 0. The third-order valence-corrected chi connectivity index (χ3v) is 11.3. The first-order chi connectivity index (χ1) is 19.7. The molecule has 0 fully saturated rings. The Morgan fingerprint density at radius 2 is 0.875 bits per heavy atom. The van der Waals surface area contributed by atoms with Crippen LogP contribution < -0.4 is 15.9 Å². The summed E-state index contributed by atoms with van der Waals surface area (Å²) in [6.07, 6.45) is 6.72. The summed E-state index contributed by atoms with van der Waals surface area (Å²) in [7, 11) is -1.94. The molecule has 0 heterocycles. The first-order valence-electron chi connectivity index (χ1n) is 13.2. The molecule has 5 aromatic rings. The van der Waals surface area contributed by atoms with E-state index < -0.39 is 7.26 Å². The molecule has 0 atom stereocenters. The summed E-state index contributed by atoms with van der Waals surface area (Å²) in [5.74, 6) is 0. The molecule has 5 aromatic carbocycles. The van der Waals surface area contributed by atoms with Gasteiger partial charge in [0.15, 0.2) is 0 Å². The van der Waals surface area contributed by atoms with E-state index in [2.05, 4.69) is 127 Å². The van der Waals surface area contributed by atoms with Crippen molar-refractivity contribution in [2.45, 2.75) is 6.16 Å². The van der Waals surface area contributed by atoms with Gasteiger partial charge >= 0.3 is 0 Å². The van der Waals surface area contributed by atoms with Crippen molar-refractivity contribution in [3.8, 4) is 12.1 Å². The Hall–Kier alpha value is -5.01. The normalized spacial score (nSPS) is 10.9. The Morgan fingerprint density at radius 3 is 1.27 bits per heavy atom. The van der Waals surface area contributed by atoms with Gasteiger partial charge in [0.25, 0.3) is 0 Å². The van der Waals surface area contributed by atoms with Crippen molar-refractivity contribution >= 4 is 41.4 Å². The van der Waals surface area contributed by atoms with E-state index in [-0.39, 0.29) is 5.57 Å². The summed E-state index contributed by atoms with van der Waals surface area (Å²) < 4.78 is 0. The SMILES string of the molecule is N#CC(C#N)=Cc1ccc(/C=C/c2ccc(C[P+](c3ccccc3)(c3ccccc3)c3ccccc3)cc2)cc1. The lowest BCUT2D eigenvalue weighted by atomic mass is 10.1. The van der Waals surface area contributed by atoms with Gasteiger partial charge in [-0.1, -0.05) is 115 Å². The summed E-state index contributed by atoms with van der Waals surface area (Å²) in [6, 6.07) is 53.4. The van der Waals surface area contributed by atoms with Crippen LogP contribution in [0.5, 0.6) is 0 Å². The average Bonchev–Trinajstić information content (AvgIpc) is 3.04. The predicted molar refractivity (Wildman–Crippen MR) is 170 cm³/mol. The molecular weight excluding hydrogens is 503 g/mol. The van der Waals surface area contributed by atoms with E-state index in [4.69, 9.17) is 10.5 Å². The second kappa shape index (κ2) is 12.7. The van der Waals surface area contributed by atoms with Crippen LogP contribution in [-0.2, 0) is 6.16 Å². The van der Waals surface area contributed by atoms with Crippen LogP contribution in [0.1, 0.15) is 22.3 Å². The first-order valence-corrected chi connectivity index (χ1v) is 15.1. The van der Waals surface area contributed by atoms with Crippen LogP contribution in [0, 0.1) is 22.7 Å². The van der Waals surface area contributed by atoms with Crippen molar-refractivity contribution < 1.29 is 0 Å². The summed E-state index contributed by atoms with van der Waals surface area (Å²) in [5, 5.41) is 22.1. The molecule has 3 heteroatoms. The molecule has 40 heavy (non-hydrogen) atoms. The van der Waals surface area contributed by atoms with Crippen molar-refractivity contribution in [2.75, 3.05) is 0 Å². The van der Waals surface area contributed by atoms with E-state index in [0.717, 1.165) is 22.9 Å². The van der Waals surface area contributed by atoms with Gasteiger partial charge in [-0.05, 0) is 64.7 Å². The van der Waals surface area contributed by atoms with Gasteiger partial charge in [0.05, 0.1) is 6.16 Å². The minimum absolute atomic E-state index is 0.0987. The number of nitrogens with zero attached hydrogens (tertiary/aromatic N) is 2. The molecule has 5 rings (SSSR count). The van der Waals surface area contributed by atoms with Gasteiger partial charge in [-0.15, -0.1) is 0 Å². The molecule has 0 bridgehead atoms. The number of benzene rings is 5. The Labute approximate surface area is 237 Å². The van der Waals surface area contributed by atoms with Crippen LogP contribution in [0.2, 0.25) is 0 Å². The fourth-order valence-electron chi connectivity index (χ4n) is 4.93. The maximum Gasteiger partial charge on any atom is 0.130 e. The maximum absolute atomic E-state index is 8.96. The average molecular weight is 532 g/mol. The van der Waals surface area contributed by atoms with Gasteiger partial charge in [-0.3, -0.25) is 0 Å². The van der Waals surface area contributed by atoms with Gasteiger partial charge in [0.2, 0.25) is 0 Å². The van der Waals surface area contributed by atoms with E-state index in [1.807, 2.05) is 36.4 Å². The zero-order valence-electron chi connectivity index (χ0n) is 22.1. The van der Waals surface area contributed by atoms with Crippen LogP contribution >= 0.6 is 7.26 Å². The highest BCUT2D eigenvalue weighted by Crippen LogP contribution is 2.58. The van der Waals surface area contributed by atoms with Crippen molar-refractivity contribution in [2.24, 2.45) is 0 Å². The number of nitriles is 2. The molecule has 0 radical (unpaired) electrons. The molecule has 2 nitrogen and oxygen atoms in total. The highest BCUT2D eigenvalue weighted by Gasteiger charge is 2.45. The molecular formula is C37H28N2P+. The zero-order chi connectivity index (χ0) is 27.6. The molecule has 0 aromatic heterocycles. The number of allylic oxidation sites excluding steroid dienone is 1. The van der Waals surface area contributed by atoms with Gasteiger partial charge in [0.1, 0.15) is 40.9 Å². The van der Waals surface area contributed by atoms with Crippen LogP contribution in [0.4, 0.5) is 0 Å². The van der Waals surface area contributed by atoms with Crippen molar-refractivity contribution in [1.29, 1.82) is 10.5 Å². The summed E-state index contributed by atoms with van der Waals surface area (Å²) >= 11 is 0. The number of rotatable bonds is 8. The molecule has 0 N–H and O–H groups in total. The van der Waals surface area contributed by atoms with E-state index in [1.54, 1.807) is 6.08 Å². The molecule has 0 spiro atoms. The minimum atomic E-state index is -1.94. The molecule has 0 saturated heterocycles. The Balaban J connectivity index is 1.44. The standard InChI is InChI=1S/C37H28N2P/c38-27-34(28-39)26-32-22-18-30(19-23-32)16-17-31-20-24-33(25-21-31)29-40(35-10-4-1-5-11-35,36-12-6-2-7-13-36)37-14-8-3-9-15-37/h1-26H,29H2/q+1/b17-16+. The Bertz CT molecular complexity index is 1580. The largest absolute Gasteiger partial charge is 0.192 e. The van der Waals surface area contributed by atoms with Gasteiger partial charge in [-0.2, -0.15) is 10.5 Å². The van der Waals surface area contributed by atoms with Gasteiger partial charge in [-0.25, -0.2) is 0 Å². The van der Waals surface area contributed by atoms with Crippen molar-refractivity contribution in [3.63, 3.8) is 0 Å². The molecule has 0 aliphatic rings. The molecule has 0 amide bonds. The Kier molecular flexibility index (Phi) is 8.44. The lowest BCUT2D eigenvalue weighted by Gasteiger charge is -2.28. The first kappa shape index (κ1) is 26.6. The lowest BCUT2D eigenvalue weighted by molar-refractivity contribution is 1.38. The Morgan fingerprint density at radius 1 is 0.500 bits per heavy atom. The second-order valence-electron chi connectivity index (χ2n) is 9.50.